The molecule has 46 heavy (non-hydrogen) atoms. The van der Waals surface area contributed by atoms with Crippen LogP contribution in [0.2, 0.25) is 0 Å². The molecule has 2 aliphatic carbocycles. The van der Waals surface area contributed by atoms with Crippen molar-refractivity contribution in [3.8, 4) is 0 Å². The summed E-state index contributed by atoms with van der Waals surface area (Å²) in [6.45, 7) is 33.7. The van der Waals surface area contributed by atoms with Crippen LogP contribution >= 0.6 is 0 Å². The Labute approximate surface area is 279 Å². The maximum Gasteiger partial charge on any atom is 0.0583 e. The Kier molecular flexibility index (Phi) is 8.03. The highest BCUT2D eigenvalue weighted by molar-refractivity contribution is 6.29. The Balaban J connectivity index is 0.00000182. The van der Waals surface area contributed by atoms with Crippen LogP contribution in [0.4, 0.5) is 0 Å². The SMILES string of the molecule is CC.CC/C(C)=C\C1=C(C(C)CC)c2c(cc3c(C(C)C)cc4c5c(cc6c(C(C)C)cc2c3c64)C(C)(C)C2=C5NNC2)C1(C)C. The van der Waals surface area contributed by atoms with Gasteiger partial charge in [-0.1, -0.05) is 102 Å². The second-order valence-corrected chi connectivity index (χ2v) is 15.8. The topological polar surface area (TPSA) is 24.1 Å². The highest BCUT2D eigenvalue weighted by Gasteiger charge is 2.43. The number of hydrogen-bond donors (Lipinski definition) is 2. The van der Waals surface area contributed by atoms with Crippen LogP contribution in [0.5, 0.6) is 0 Å². The third-order valence-electron chi connectivity index (χ3n) is 11.9. The van der Waals surface area contributed by atoms with Gasteiger partial charge in [-0.3, -0.25) is 0 Å². The summed E-state index contributed by atoms with van der Waals surface area (Å²) < 4.78 is 0. The molecule has 244 valence electrons. The van der Waals surface area contributed by atoms with Crippen molar-refractivity contribution in [3.05, 3.63) is 80.4 Å². The van der Waals surface area contributed by atoms with E-state index in [1.54, 1.807) is 5.57 Å². The van der Waals surface area contributed by atoms with Crippen LogP contribution in [0.15, 0.2) is 47.1 Å². The minimum atomic E-state index is -0.0500. The summed E-state index contributed by atoms with van der Waals surface area (Å²) >= 11 is 0. The molecule has 2 nitrogen and oxygen atoms in total. The van der Waals surface area contributed by atoms with Gasteiger partial charge in [0.05, 0.1) is 5.70 Å². The Morgan fingerprint density at radius 3 is 1.78 bits per heavy atom. The third kappa shape index (κ3) is 4.31. The number of rotatable bonds is 6. The number of benzene rings is 4. The molecule has 0 saturated heterocycles. The summed E-state index contributed by atoms with van der Waals surface area (Å²) in [4.78, 5) is 0. The van der Waals surface area contributed by atoms with Gasteiger partial charge in [0.25, 0.3) is 0 Å². The van der Waals surface area contributed by atoms with Crippen LogP contribution in [0.1, 0.15) is 155 Å². The lowest BCUT2D eigenvalue weighted by Gasteiger charge is -2.29. The molecule has 1 aliphatic heterocycles. The maximum atomic E-state index is 3.62. The van der Waals surface area contributed by atoms with Gasteiger partial charge in [0.1, 0.15) is 0 Å². The summed E-state index contributed by atoms with van der Waals surface area (Å²) in [6, 6.07) is 10.4. The van der Waals surface area contributed by atoms with E-state index in [-0.39, 0.29) is 10.8 Å². The predicted molar refractivity (Wildman–Crippen MR) is 204 cm³/mol. The fourth-order valence-electron chi connectivity index (χ4n) is 8.89. The molecule has 4 aromatic rings. The van der Waals surface area contributed by atoms with E-state index in [4.69, 9.17) is 0 Å². The summed E-state index contributed by atoms with van der Waals surface area (Å²) in [5.74, 6) is 1.34. The monoisotopic (exact) mass is 614 g/mol. The molecule has 7 rings (SSSR count). The van der Waals surface area contributed by atoms with Crippen LogP contribution in [0.25, 0.3) is 43.6 Å². The molecule has 0 fully saturated rings. The van der Waals surface area contributed by atoms with E-state index in [0.29, 0.717) is 17.8 Å². The van der Waals surface area contributed by atoms with Crippen molar-refractivity contribution in [2.75, 3.05) is 6.54 Å². The number of allylic oxidation sites excluding steroid dienone is 4. The molecule has 0 spiro atoms. The van der Waals surface area contributed by atoms with Gasteiger partial charge in [0.2, 0.25) is 0 Å². The Morgan fingerprint density at radius 2 is 1.28 bits per heavy atom. The van der Waals surface area contributed by atoms with E-state index in [1.807, 2.05) is 13.8 Å². The van der Waals surface area contributed by atoms with Gasteiger partial charge in [-0.2, -0.15) is 0 Å². The zero-order valence-corrected chi connectivity index (χ0v) is 31.2. The van der Waals surface area contributed by atoms with Crippen LogP contribution in [-0.4, -0.2) is 6.54 Å². The molecule has 0 saturated carbocycles. The Hall–Kier alpha value is -3.10. The molecule has 2 N–H and O–H groups in total. The van der Waals surface area contributed by atoms with E-state index < -0.39 is 0 Å². The smallest absolute Gasteiger partial charge is 0.0583 e. The molecular weight excluding hydrogens is 556 g/mol. The molecule has 0 radical (unpaired) electrons. The predicted octanol–water partition coefficient (Wildman–Crippen LogP) is 12.4. The first-order chi connectivity index (χ1) is 21.7. The van der Waals surface area contributed by atoms with E-state index in [2.05, 4.69) is 124 Å². The van der Waals surface area contributed by atoms with Crippen molar-refractivity contribution in [1.82, 2.24) is 10.9 Å². The average molecular weight is 615 g/mol. The molecular formula is C44H58N2. The number of fused-ring (bicyclic) bond motifs is 5. The zero-order valence-electron chi connectivity index (χ0n) is 31.2. The lowest BCUT2D eigenvalue weighted by molar-refractivity contribution is 0.602. The molecule has 1 unspecified atom stereocenters. The van der Waals surface area contributed by atoms with Gasteiger partial charge >= 0.3 is 0 Å². The molecule has 4 aromatic carbocycles. The van der Waals surface area contributed by atoms with Gasteiger partial charge in [0, 0.05) is 22.9 Å². The van der Waals surface area contributed by atoms with Crippen molar-refractivity contribution in [2.45, 2.75) is 132 Å². The average Bonchev–Trinajstić information content (AvgIpc) is 3.66. The minimum Gasteiger partial charge on any atom is -0.321 e. The number of nitrogens with one attached hydrogen (secondary N) is 2. The van der Waals surface area contributed by atoms with Gasteiger partial charge in [-0.05, 0) is 139 Å². The van der Waals surface area contributed by atoms with E-state index in [0.717, 1.165) is 19.4 Å². The van der Waals surface area contributed by atoms with Crippen molar-refractivity contribution in [3.63, 3.8) is 0 Å². The third-order valence-corrected chi connectivity index (χ3v) is 11.9. The highest BCUT2D eigenvalue weighted by atomic mass is 15.4. The van der Waals surface area contributed by atoms with Gasteiger partial charge in [-0.15, -0.1) is 0 Å². The highest BCUT2D eigenvalue weighted by Crippen LogP contribution is 2.58. The number of hydrogen-bond acceptors (Lipinski definition) is 2. The first-order valence-corrected chi connectivity index (χ1v) is 18.3. The van der Waals surface area contributed by atoms with Crippen molar-refractivity contribution in [1.29, 1.82) is 0 Å². The van der Waals surface area contributed by atoms with Crippen molar-refractivity contribution < 1.29 is 0 Å². The fourth-order valence-corrected chi connectivity index (χ4v) is 8.89. The summed E-state index contributed by atoms with van der Waals surface area (Å²) in [6.07, 6.45) is 4.77. The Morgan fingerprint density at radius 1 is 0.761 bits per heavy atom. The van der Waals surface area contributed by atoms with Crippen LogP contribution in [0.3, 0.4) is 0 Å². The molecule has 0 aromatic heterocycles. The van der Waals surface area contributed by atoms with Gasteiger partial charge < -0.3 is 5.43 Å². The summed E-state index contributed by atoms with van der Waals surface area (Å²) in [7, 11) is 0. The lowest BCUT2D eigenvalue weighted by atomic mass is 9.75. The van der Waals surface area contributed by atoms with Crippen LogP contribution < -0.4 is 10.9 Å². The van der Waals surface area contributed by atoms with E-state index in [1.165, 1.54) is 88.1 Å². The molecule has 3 aliphatic rings. The number of hydrazine groups is 1. The van der Waals surface area contributed by atoms with E-state index in [9.17, 15) is 0 Å². The van der Waals surface area contributed by atoms with Crippen LogP contribution in [0, 0.1) is 5.92 Å². The largest absolute Gasteiger partial charge is 0.321 e. The van der Waals surface area contributed by atoms with E-state index >= 15 is 0 Å². The molecule has 0 amide bonds. The summed E-state index contributed by atoms with van der Waals surface area (Å²) in [5.41, 5.74) is 23.3. The lowest BCUT2D eigenvalue weighted by Crippen LogP contribution is -2.28. The second kappa shape index (κ2) is 11.3. The van der Waals surface area contributed by atoms with Crippen molar-refractivity contribution in [2.24, 2.45) is 5.92 Å². The standard InChI is InChI=1S/C42H52N2.C2H6/c1-13-23(7)15-31-35(24(8)14-2)38-29-16-25(21(3)4)28-19-33-39(40-34(20-43-44-40)42(33,11)12)30-17-26(22(5)6)27(36(29)37(28)30)18-32(38)41(31,9)10;1-2/h15-19,21-22,24,43-44H,13-14,20H2,1-12H3;1-2H3/b23-15-;. The fraction of sp³-hybridized carbons (Fsp3) is 0.500. The molecule has 1 atom stereocenters. The maximum absolute atomic E-state index is 3.62. The van der Waals surface area contributed by atoms with Crippen molar-refractivity contribution >= 4 is 43.6 Å². The Bertz CT molecular complexity index is 1970. The molecule has 1 heterocycles. The zero-order chi connectivity index (χ0) is 33.6. The second-order valence-electron chi connectivity index (χ2n) is 15.8. The first kappa shape index (κ1) is 32.8. The van der Waals surface area contributed by atoms with Crippen LogP contribution in [-0.2, 0) is 10.8 Å². The minimum absolute atomic E-state index is 0.00598. The first-order valence-electron chi connectivity index (χ1n) is 18.3. The quantitative estimate of drug-likeness (QED) is 0.211. The molecule has 0 bridgehead atoms. The normalized spacial score (nSPS) is 19.0. The molecule has 2 heteroatoms. The summed E-state index contributed by atoms with van der Waals surface area (Å²) in [5, 5.41) is 8.78. The van der Waals surface area contributed by atoms with Gasteiger partial charge in [0.15, 0.2) is 0 Å². The van der Waals surface area contributed by atoms with Gasteiger partial charge in [-0.25, -0.2) is 5.43 Å².